The molecule has 0 aliphatic rings. The van der Waals surface area contributed by atoms with E-state index in [2.05, 4.69) is 46.1 Å². The molecule has 0 aliphatic carbocycles. The molecule has 45 heavy (non-hydrogen) atoms. The van der Waals surface area contributed by atoms with Crippen molar-refractivity contribution in [3.63, 3.8) is 0 Å². The van der Waals surface area contributed by atoms with Gasteiger partial charge in [-0.2, -0.15) is 5.10 Å². The highest BCUT2D eigenvalue weighted by Gasteiger charge is 2.41. The van der Waals surface area contributed by atoms with Gasteiger partial charge in [0.2, 0.25) is 0 Å². The van der Waals surface area contributed by atoms with Gasteiger partial charge in [-0.15, -0.1) is 0 Å². The first kappa shape index (κ1) is 30.9. The molecule has 7 heteroatoms. The highest BCUT2D eigenvalue weighted by Crippen LogP contribution is 2.43. The molecule has 0 aliphatic heterocycles. The molecule has 0 saturated carbocycles. The number of carbonyl (C=O) groups excluding carboxylic acids is 1. The van der Waals surface area contributed by atoms with Gasteiger partial charge in [0.25, 0.3) is 0 Å². The molecule has 1 amide bonds. The molecule has 0 fully saturated rings. The number of carbonyl (C=O) groups is 1. The van der Waals surface area contributed by atoms with Gasteiger partial charge < -0.3 is 10.5 Å². The number of amides is 1. The van der Waals surface area contributed by atoms with E-state index in [-0.39, 0.29) is 5.82 Å². The third-order valence-corrected chi connectivity index (χ3v) is 7.10. The maximum Gasteiger partial charge on any atom is 0.405 e. The van der Waals surface area contributed by atoms with Crippen LogP contribution in [0, 0.1) is 5.82 Å². The molecule has 4 aromatic carbocycles. The van der Waals surface area contributed by atoms with E-state index in [1.54, 1.807) is 39.2 Å². The van der Waals surface area contributed by atoms with Crippen molar-refractivity contribution in [3.8, 4) is 0 Å². The number of aromatic nitrogens is 3. The lowest BCUT2D eigenvalue weighted by Gasteiger charge is -2.37. The zero-order chi connectivity index (χ0) is 31.9. The molecule has 2 heterocycles. The number of pyridine rings is 1. The van der Waals surface area contributed by atoms with E-state index in [4.69, 9.17) is 10.8 Å². The van der Waals surface area contributed by atoms with Crippen LogP contribution < -0.4 is 5.73 Å². The maximum absolute atomic E-state index is 15.8. The first-order valence-electron chi connectivity index (χ1n) is 14.6. The number of rotatable bonds is 6. The number of ether oxygens (including phenoxy) is 1. The molecule has 0 unspecified atom stereocenters. The zero-order valence-corrected chi connectivity index (χ0v) is 25.5. The predicted octanol–water partition coefficient (Wildman–Crippen LogP) is 8.46. The highest BCUT2D eigenvalue weighted by molar-refractivity contribution is 5.91. The minimum absolute atomic E-state index is 0.321. The molecule has 0 spiro atoms. The number of primary amides is 1. The van der Waals surface area contributed by atoms with Crippen LogP contribution >= 0.6 is 0 Å². The summed E-state index contributed by atoms with van der Waals surface area (Å²) < 4.78 is 22.2. The molecule has 0 saturated heterocycles. The molecule has 6 aromatic rings. The molecule has 2 N–H and O–H groups in total. The molecule has 226 valence electrons. The fourth-order valence-electron chi connectivity index (χ4n) is 5.37. The number of para-hydroxylation sites is 1. The van der Waals surface area contributed by atoms with E-state index in [1.807, 2.05) is 89.6 Å². The Balaban J connectivity index is 0.000000444. The molecule has 6 nitrogen and oxygen atoms in total. The van der Waals surface area contributed by atoms with Gasteiger partial charge in [-0.1, -0.05) is 115 Å². The largest absolute Gasteiger partial charge is 0.444 e. The molecular formula is C38H35FN4O2. The number of fused-ring (bicyclic) bond motifs is 1. The zero-order valence-electron chi connectivity index (χ0n) is 25.5. The molecular weight excluding hydrogens is 563 g/mol. The van der Waals surface area contributed by atoms with Crippen LogP contribution in [0.2, 0.25) is 0 Å². The number of benzene rings is 4. The summed E-state index contributed by atoms with van der Waals surface area (Å²) in [5, 5.41) is 5.88. The van der Waals surface area contributed by atoms with Gasteiger partial charge in [0.15, 0.2) is 0 Å². The summed E-state index contributed by atoms with van der Waals surface area (Å²) in [6, 6.07) is 39.6. The maximum atomic E-state index is 15.8. The SMILES string of the molecule is CC(C)(C)OC(N)=O.Fc1cccc2c(/C=C/c3cccnc3)nn(C(c3ccccc3)(c3ccccc3)c3ccccc3)c12. The number of halogens is 1. The van der Waals surface area contributed by atoms with Crippen molar-refractivity contribution in [2.75, 3.05) is 0 Å². The molecule has 6 rings (SSSR count). The standard InChI is InChI=1S/C33H24FN3.C5H11NO2/c34-30-20-10-19-29-31(22-21-25-12-11-23-35-24-25)36-37(32(29)30)33(26-13-4-1-5-14-26,27-15-6-2-7-16-27)28-17-8-3-9-18-28;1-5(2,3)8-4(6)7/h1-24H;1-3H3,(H2,6,7)/b22-21+;. The molecule has 0 radical (unpaired) electrons. The van der Waals surface area contributed by atoms with E-state index in [1.165, 1.54) is 6.07 Å². The third-order valence-electron chi connectivity index (χ3n) is 7.10. The van der Waals surface area contributed by atoms with E-state index in [0.717, 1.165) is 27.6 Å². The molecule has 0 atom stereocenters. The second-order valence-electron chi connectivity index (χ2n) is 11.4. The number of hydrogen-bond acceptors (Lipinski definition) is 4. The Morgan fingerprint density at radius 1 is 0.756 bits per heavy atom. The van der Waals surface area contributed by atoms with Crippen LogP contribution in [0.4, 0.5) is 9.18 Å². The number of hydrogen-bond donors (Lipinski definition) is 1. The first-order valence-corrected chi connectivity index (χ1v) is 14.6. The third kappa shape index (κ3) is 6.83. The summed E-state index contributed by atoms with van der Waals surface area (Å²) in [6.07, 6.45) is 6.70. The fourth-order valence-corrected chi connectivity index (χ4v) is 5.37. The summed E-state index contributed by atoms with van der Waals surface area (Å²) in [6.45, 7) is 5.28. The number of nitrogens with two attached hydrogens (primary N) is 1. The Bertz CT molecular complexity index is 1790. The van der Waals surface area contributed by atoms with Crippen LogP contribution in [-0.4, -0.2) is 26.5 Å². The van der Waals surface area contributed by atoms with Gasteiger partial charge in [0.1, 0.15) is 22.5 Å². The van der Waals surface area contributed by atoms with Crippen molar-refractivity contribution in [1.82, 2.24) is 14.8 Å². The van der Waals surface area contributed by atoms with Crippen molar-refractivity contribution in [3.05, 3.63) is 167 Å². The Morgan fingerprint density at radius 3 is 1.76 bits per heavy atom. The van der Waals surface area contributed by atoms with Gasteiger partial charge >= 0.3 is 6.09 Å². The monoisotopic (exact) mass is 598 g/mol. The van der Waals surface area contributed by atoms with Crippen molar-refractivity contribution < 1.29 is 13.9 Å². The van der Waals surface area contributed by atoms with Gasteiger partial charge in [-0.25, -0.2) is 13.9 Å². The first-order chi connectivity index (χ1) is 21.7. The summed E-state index contributed by atoms with van der Waals surface area (Å²) in [7, 11) is 0. The van der Waals surface area contributed by atoms with Gasteiger partial charge in [-0.05, 0) is 61.2 Å². The minimum Gasteiger partial charge on any atom is -0.444 e. The molecule has 0 bridgehead atoms. The Labute approximate surface area is 262 Å². The topological polar surface area (TPSA) is 83.0 Å². The predicted molar refractivity (Wildman–Crippen MR) is 178 cm³/mol. The van der Waals surface area contributed by atoms with Crippen LogP contribution in [0.25, 0.3) is 23.1 Å². The summed E-state index contributed by atoms with van der Waals surface area (Å²) in [5.74, 6) is -0.321. The quantitative estimate of drug-likeness (QED) is 0.195. The van der Waals surface area contributed by atoms with Crippen LogP contribution in [0.1, 0.15) is 48.7 Å². The Hall–Kier alpha value is -5.56. The van der Waals surface area contributed by atoms with E-state index in [9.17, 15) is 4.79 Å². The van der Waals surface area contributed by atoms with Crippen LogP contribution in [-0.2, 0) is 10.3 Å². The van der Waals surface area contributed by atoms with E-state index in [0.29, 0.717) is 11.2 Å². The lowest BCUT2D eigenvalue weighted by molar-refractivity contribution is 0.0600. The second kappa shape index (κ2) is 13.4. The average Bonchev–Trinajstić information content (AvgIpc) is 3.42. The fraction of sp³-hybridized carbons (Fsp3) is 0.132. The van der Waals surface area contributed by atoms with Crippen LogP contribution in [0.5, 0.6) is 0 Å². The van der Waals surface area contributed by atoms with Crippen LogP contribution in [0.15, 0.2) is 134 Å². The van der Waals surface area contributed by atoms with Gasteiger partial charge in [0.05, 0.1) is 5.69 Å². The van der Waals surface area contributed by atoms with Gasteiger partial charge in [0, 0.05) is 17.8 Å². The van der Waals surface area contributed by atoms with E-state index < -0.39 is 17.2 Å². The van der Waals surface area contributed by atoms with Crippen molar-refractivity contribution in [2.24, 2.45) is 5.73 Å². The molecule has 2 aromatic heterocycles. The van der Waals surface area contributed by atoms with Gasteiger partial charge in [-0.3, -0.25) is 4.98 Å². The Kier molecular flexibility index (Phi) is 9.19. The summed E-state index contributed by atoms with van der Waals surface area (Å²) in [5.41, 5.74) is 8.40. The number of nitrogens with zero attached hydrogens (tertiary/aromatic N) is 3. The van der Waals surface area contributed by atoms with Crippen LogP contribution in [0.3, 0.4) is 0 Å². The smallest absolute Gasteiger partial charge is 0.405 e. The van der Waals surface area contributed by atoms with E-state index >= 15 is 4.39 Å². The normalized spacial score (nSPS) is 11.6. The van der Waals surface area contributed by atoms with Crippen molar-refractivity contribution >= 4 is 29.1 Å². The highest BCUT2D eigenvalue weighted by atomic mass is 19.1. The second-order valence-corrected chi connectivity index (χ2v) is 11.4. The minimum atomic E-state index is -0.912. The summed E-state index contributed by atoms with van der Waals surface area (Å²) in [4.78, 5) is 14.2. The van der Waals surface area contributed by atoms with Crippen molar-refractivity contribution in [2.45, 2.75) is 31.9 Å². The summed E-state index contributed by atoms with van der Waals surface area (Å²) >= 11 is 0. The lowest BCUT2D eigenvalue weighted by atomic mass is 9.77. The lowest BCUT2D eigenvalue weighted by Crippen LogP contribution is -2.38. The van der Waals surface area contributed by atoms with Crippen molar-refractivity contribution in [1.29, 1.82) is 0 Å². The Morgan fingerprint density at radius 2 is 1.31 bits per heavy atom. The average molecular weight is 599 g/mol.